The molecule has 0 spiro atoms. The molecule has 2 rings (SSSR count). The summed E-state index contributed by atoms with van der Waals surface area (Å²) in [5, 5.41) is 4.93. The molecular weight excluding hydrogens is 294 g/mol. The summed E-state index contributed by atoms with van der Waals surface area (Å²) >= 11 is 11.1. The SMILES string of the molecule is CC1C=C(Cl)C=CC1c1nc(CBr)cs1. The predicted molar refractivity (Wildman–Crippen MR) is 69.7 cm³/mol. The monoisotopic (exact) mass is 303 g/mol. The van der Waals surface area contributed by atoms with E-state index in [1.54, 1.807) is 11.3 Å². The van der Waals surface area contributed by atoms with Crippen molar-refractivity contribution in [3.05, 3.63) is 39.3 Å². The number of alkyl halides is 1. The molecule has 0 saturated heterocycles. The van der Waals surface area contributed by atoms with E-state index in [1.807, 2.05) is 6.08 Å². The molecule has 15 heavy (non-hydrogen) atoms. The molecule has 4 heteroatoms. The van der Waals surface area contributed by atoms with E-state index in [0.717, 1.165) is 16.1 Å². The van der Waals surface area contributed by atoms with Crippen molar-refractivity contribution in [2.45, 2.75) is 18.2 Å². The van der Waals surface area contributed by atoms with Gasteiger partial charge in [0, 0.05) is 21.7 Å². The van der Waals surface area contributed by atoms with Gasteiger partial charge in [-0.15, -0.1) is 11.3 Å². The first kappa shape index (κ1) is 11.4. The Morgan fingerprint density at radius 1 is 1.60 bits per heavy atom. The number of hydrogen-bond donors (Lipinski definition) is 0. The number of hydrogen-bond acceptors (Lipinski definition) is 2. The van der Waals surface area contributed by atoms with E-state index in [0.29, 0.717) is 11.8 Å². The van der Waals surface area contributed by atoms with Gasteiger partial charge in [0.15, 0.2) is 0 Å². The molecule has 1 nitrogen and oxygen atoms in total. The number of halogens is 2. The van der Waals surface area contributed by atoms with E-state index in [2.05, 4.69) is 45.4 Å². The average Bonchev–Trinajstić information content (AvgIpc) is 2.66. The summed E-state index contributed by atoms with van der Waals surface area (Å²) in [4.78, 5) is 4.58. The number of rotatable bonds is 2. The lowest BCUT2D eigenvalue weighted by Gasteiger charge is -2.18. The van der Waals surface area contributed by atoms with E-state index in [9.17, 15) is 0 Å². The minimum Gasteiger partial charge on any atom is -0.245 e. The van der Waals surface area contributed by atoms with Gasteiger partial charge in [0.2, 0.25) is 0 Å². The van der Waals surface area contributed by atoms with Gasteiger partial charge in [-0.3, -0.25) is 0 Å². The Bertz CT molecular complexity index is 410. The van der Waals surface area contributed by atoms with Crippen LogP contribution in [-0.2, 0) is 5.33 Å². The van der Waals surface area contributed by atoms with Crippen molar-refractivity contribution in [1.29, 1.82) is 0 Å². The molecule has 1 aromatic rings. The summed E-state index contributed by atoms with van der Waals surface area (Å²) in [6.45, 7) is 2.17. The molecule has 1 aliphatic rings. The van der Waals surface area contributed by atoms with Crippen LogP contribution in [0.1, 0.15) is 23.5 Å². The maximum Gasteiger partial charge on any atom is 0.100 e. The maximum absolute atomic E-state index is 5.95. The molecular formula is C11H11BrClNS. The summed E-state index contributed by atoms with van der Waals surface area (Å²) in [5.74, 6) is 0.808. The number of aromatic nitrogens is 1. The molecule has 0 saturated carbocycles. The van der Waals surface area contributed by atoms with Gasteiger partial charge in [-0.25, -0.2) is 4.98 Å². The fourth-order valence-electron chi connectivity index (χ4n) is 1.63. The predicted octanol–water partition coefficient (Wildman–Crippen LogP) is 4.45. The molecule has 0 bridgehead atoms. The van der Waals surface area contributed by atoms with Crippen molar-refractivity contribution in [2.75, 3.05) is 0 Å². The average molecular weight is 305 g/mol. The molecule has 0 fully saturated rings. The van der Waals surface area contributed by atoms with Crippen LogP contribution >= 0.6 is 38.9 Å². The summed E-state index contributed by atoms with van der Waals surface area (Å²) < 4.78 is 0. The van der Waals surface area contributed by atoms with Crippen molar-refractivity contribution < 1.29 is 0 Å². The zero-order valence-electron chi connectivity index (χ0n) is 8.28. The van der Waals surface area contributed by atoms with Gasteiger partial charge in [0.05, 0.1) is 5.69 Å². The summed E-state index contributed by atoms with van der Waals surface area (Å²) in [5.41, 5.74) is 1.11. The Labute approximate surface area is 107 Å². The third-order valence-electron chi connectivity index (χ3n) is 2.44. The van der Waals surface area contributed by atoms with Gasteiger partial charge >= 0.3 is 0 Å². The minimum absolute atomic E-state index is 0.380. The fraction of sp³-hybridized carbons (Fsp3) is 0.364. The second-order valence-corrected chi connectivity index (χ2v) is 5.49. The molecule has 1 aliphatic carbocycles. The molecule has 0 aromatic carbocycles. The van der Waals surface area contributed by atoms with Crippen LogP contribution in [0.25, 0.3) is 0 Å². The molecule has 0 amide bonds. The first-order valence-electron chi connectivity index (χ1n) is 4.76. The second kappa shape index (κ2) is 4.81. The van der Waals surface area contributed by atoms with Gasteiger partial charge in [0.1, 0.15) is 5.01 Å². The van der Waals surface area contributed by atoms with Gasteiger partial charge < -0.3 is 0 Å². The molecule has 80 valence electrons. The van der Waals surface area contributed by atoms with Crippen LogP contribution in [0.3, 0.4) is 0 Å². The fourth-order valence-corrected chi connectivity index (χ4v) is 3.41. The van der Waals surface area contributed by atoms with Crippen molar-refractivity contribution in [1.82, 2.24) is 4.98 Å². The summed E-state index contributed by atoms with van der Waals surface area (Å²) in [7, 11) is 0. The first-order chi connectivity index (χ1) is 7.20. The van der Waals surface area contributed by atoms with Crippen LogP contribution in [0.4, 0.5) is 0 Å². The quantitative estimate of drug-likeness (QED) is 0.736. The maximum atomic E-state index is 5.95. The molecule has 1 heterocycles. The van der Waals surface area contributed by atoms with E-state index < -0.39 is 0 Å². The highest BCUT2D eigenvalue weighted by atomic mass is 79.9. The lowest BCUT2D eigenvalue weighted by atomic mass is 9.90. The zero-order chi connectivity index (χ0) is 10.8. The number of allylic oxidation sites excluding steroid dienone is 4. The van der Waals surface area contributed by atoms with Crippen LogP contribution in [0.2, 0.25) is 0 Å². The Morgan fingerprint density at radius 3 is 3.00 bits per heavy atom. The highest BCUT2D eigenvalue weighted by molar-refractivity contribution is 9.08. The Hall–Kier alpha value is -0.120. The molecule has 0 aliphatic heterocycles. The molecule has 1 aromatic heterocycles. The van der Waals surface area contributed by atoms with Crippen molar-refractivity contribution in [3.8, 4) is 0 Å². The standard InChI is InChI=1S/C11H11BrClNS/c1-7-4-8(13)2-3-10(7)11-14-9(5-12)6-15-11/h2-4,6-7,10H,5H2,1H3. The van der Waals surface area contributed by atoms with Gasteiger partial charge in [-0.2, -0.15) is 0 Å². The largest absolute Gasteiger partial charge is 0.245 e. The third-order valence-corrected chi connectivity index (χ3v) is 4.26. The second-order valence-electron chi connectivity index (χ2n) is 3.61. The number of nitrogens with zero attached hydrogens (tertiary/aromatic N) is 1. The van der Waals surface area contributed by atoms with Gasteiger partial charge in [-0.1, -0.05) is 46.6 Å². The van der Waals surface area contributed by atoms with E-state index in [1.165, 1.54) is 5.01 Å². The highest BCUT2D eigenvalue weighted by Crippen LogP contribution is 2.34. The highest BCUT2D eigenvalue weighted by Gasteiger charge is 2.21. The van der Waals surface area contributed by atoms with Crippen molar-refractivity contribution in [3.63, 3.8) is 0 Å². The molecule has 2 atom stereocenters. The van der Waals surface area contributed by atoms with Crippen LogP contribution in [0, 0.1) is 5.92 Å². The van der Waals surface area contributed by atoms with Crippen LogP contribution in [0.5, 0.6) is 0 Å². The third kappa shape index (κ3) is 2.52. The normalized spacial score (nSPS) is 25.4. The Morgan fingerprint density at radius 2 is 2.40 bits per heavy atom. The number of thiazole rings is 1. The van der Waals surface area contributed by atoms with E-state index in [-0.39, 0.29) is 0 Å². The van der Waals surface area contributed by atoms with Crippen LogP contribution in [-0.4, -0.2) is 4.98 Å². The van der Waals surface area contributed by atoms with Crippen LogP contribution in [0.15, 0.2) is 28.6 Å². The summed E-state index contributed by atoms with van der Waals surface area (Å²) in [6, 6.07) is 0. The van der Waals surface area contributed by atoms with Crippen LogP contribution < -0.4 is 0 Å². The molecule has 0 radical (unpaired) electrons. The van der Waals surface area contributed by atoms with E-state index in [4.69, 9.17) is 11.6 Å². The smallest absolute Gasteiger partial charge is 0.100 e. The first-order valence-corrected chi connectivity index (χ1v) is 7.14. The lowest BCUT2D eigenvalue weighted by molar-refractivity contribution is 0.629. The van der Waals surface area contributed by atoms with Crippen molar-refractivity contribution >= 4 is 38.9 Å². The molecule has 0 N–H and O–H groups in total. The van der Waals surface area contributed by atoms with Crippen molar-refractivity contribution in [2.24, 2.45) is 5.92 Å². The van der Waals surface area contributed by atoms with E-state index >= 15 is 0 Å². The Balaban J connectivity index is 2.22. The Kier molecular flexibility index (Phi) is 3.65. The summed E-state index contributed by atoms with van der Waals surface area (Å²) in [6.07, 6.45) is 6.19. The minimum atomic E-state index is 0.380. The molecule has 2 unspecified atom stereocenters. The lowest BCUT2D eigenvalue weighted by Crippen LogP contribution is -2.08. The van der Waals surface area contributed by atoms with Gasteiger partial charge in [0.25, 0.3) is 0 Å². The van der Waals surface area contributed by atoms with Gasteiger partial charge in [-0.05, 0) is 12.0 Å². The zero-order valence-corrected chi connectivity index (χ0v) is 11.4. The topological polar surface area (TPSA) is 12.9 Å².